The zero-order chi connectivity index (χ0) is 16.2. The molecule has 1 aromatic carbocycles. The number of anilines is 2. The van der Waals surface area contributed by atoms with Crippen LogP contribution in [0.2, 0.25) is 5.02 Å². The Morgan fingerprint density at radius 3 is 2.83 bits per heavy atom. The summed E-state index contributed by atoms with van der Waals surface area (Å²) in [5, 5.41) is 14.5. The van der Waals surface area contributed by atoms with E-state index in [4.69, 9.17) is 11.6 Å². The van der Waals surface area contributed by atoms with Crippen molar-refractivity contribution in [3.05, 3.63) is 51.8 Å². The third kappa shape index (κ3) is 3.68. The fourth-order valence-electron chi connectivity index (χ4n) is 2.69. The summed E-state index contributed by atoms with van der Waals surface area (Å²) in [4.78, 5) is 21.0. The Labute approximate surface area is 138 Å². The molecule has 1 N–H and O–H groups in total. The molecule has 0 radical (unpaired) electrons. The summed E-state index contributed by atoms with van der Waals surface area (Å²) >= 11 is 6.14. The molecule has 1 fully saturated rings. The van der Waals surface area contributed by atoms with Gasteiger partial charge in [0.15, 0.2) is 0 Å². The third-order valence-electron chi connectivity index (χ3n) is 3.78. The van der Waals surface area contributed by atoms with Gasteiger partial charge in [-0.15, -0.1) is 0 Å². The van der Waals surface area contributed by atoms with Crippen LogP contribution in [0, 0.1) is 10.1 Å². The molecule has 2 aromatic rings. The molecular weight excluding hydrogens is 318 g/mol. The number of aromatic nitrogens is 2. The number of hydrogen-bond donors (Lipinski definition) is 1. The minimum absolute atomic E-state index is 0.0106. The van der Waals surface area contributed by atoms with E-state index in [-0.39, 0.29) is 11.7 Å². The van der Waals surface area contributed by atoms with Gasteiger partial charge < -0.3 is 10.2 Å². The van der Waals surface area contributed by atoms with Gasteiger partial charge in [-0.25, -0.2) is 9.97 Å². The largest absolute Gasteiger partial charge is 0.379 e. The average molecular weight is 334 g/mol. The molecule has 0 saturated carbocycles. The predicted octanol–water partition coefficient (Wildman–Crippen LogP) is 3.12. The lowest BCUT2D eigenvalue weighted by Gasteiger charge is -2.33. The van der Waals surface area contributed by atoms with Gasteiger partial charge in [0.05, 0.1) is 15.6 Å². The van der Waals surface area contributed by atoms with Crippen LogP contribution in [0.5, 0.6) is 0 Å². The van der Waals surface area contributed by atoms with Gasteiger partial charge in [-0.3, -0.25) is 10.1 Å². The molecule has 7 nitrogen and oxygen atoms in total. The van der Waals surface area contributed by atoms with Gasteiger partial charge in [0.1, 0.15) is 0 Å². The van der Waals surface area contributed by atoms with Crippen molar-refractivity contribution < 1.29 is 4.92 Å². The molecule has 0 unspecified atom stereocenters. The number of nitro groups is 1. The van der Waals surface area contributed by atoms with E-state index in [1.54, 1.807) is 24.5 Å². The first-order valence-corrected chi connectivity index (χ1v) is 7.74. The molecule has 1 saturated heterocycles. The van der Waals surface area contributed by atoms with Gasteiger partial charge in [-0.1, -0.05) is 11.6 Å². The minimum atomic E-state index is -0.454. The maximum absolute atomic E-state index is 10.8. The number of benzene rings is 1. The van der Waals surface area contributed by atoms with Crippen molar-refractivity contribution in [1.82, 2.24) is 9.97 Å². The molecule has 1 aliphatic heterocycles. The SMILES string of the molecule is O=[N+]([O-])c1ccc(N[C@@H]2CCCN(c3ncccn3)C2)c(Cl)c1. The van der Waals surface area contributed by atoms with E-state index in [1.807, 2.05) is 0 Å². The van der Waals surface area contributed by atoms with Crippen LogP contribution in [0.3, 0.4) is 0 Å². The Hall–Kier alpha value is -2.41. The van der Waals surface area contributed by atoms with Crippen LogP contribution in [0.15, 0.2) is 36.7 Å². The van der Waals surface area contributed by atoms with E-state index in [9.17, 15) is 10.1 Å². The zero-order valence-electron chi connectivity index (χ0n) is 12.4. The van der Waals surface area contributed by atoms with Crippen molar-refractivity contribution in [2.24, 2.45) is 0 Å². The van der Waals surface area contributed by atoms with Gasteiger partial charge in [0.2, 0.25) is 5.95 Å². The number of rotatable bonds is 4. The van der Waals surface area contributed by atoms with Crippen molar-refractivity contribution in [2.75, 3.05) is 23.3 Å². The molecule has 0 aliphatic carbocycles. The highest BCUT2D eigenvalue weighted by Gasteiger charge is 2.22. The monoisotopic (exact) mass is 333 g/mol. The molecule has 23 heavy (non-hydrogen) atoms. The number of halogens is 1. The molecule has 2 heterocycles. The molecule has 1 atom stereocenters. The van der Waals surface area contributed by atoms with Crippen LogP contribution in [-0.2, 0) is 0 Å². The highest BCUT2D eigenvalue weighted by Crippen LogP contribution is 2.28. The van der Waals surface area contributed by atoms with Gasteiger partial charge in [-0.2, -0.15) is 0 Å². The van der Waals surface area contributed by atoms with Crippen LogP contribution in [-0.4, -0.2) is 34.0 Å². The summed E-state index contributed by atoms with van der Waals surface area (Å²) in [5.74, 6) is 0.716. The first-order chi connectivity index (χ1) is 11.1. The van der Waals surface area contributed by atoms with Crippen LogP contribution in [0.1, 0.15) is 12.8 Å². The molecule has 0 spiro atoms. The van der Waals surface area contributed by atoms with Crippen molar-refractivity contribution in [3.8, 4) is 0 Å². The van der Waals surface area contributed by atoms with E-state index in [0.717, 1.165) is 25.9 Å². The molecule has 3 rings (SSSR count). The van der Waals surface area contributed by atoms with E-state index in [0.29, 0.717) is 16.7 Å². The van der Waals surface area contributed by atoms with Crippen LogP contribution >= 0.6 is 11.6 Å². The number of hydrogen-bond acceptors (Lipinski definition) is 6. The van der Waals surface area contributed by atoms with Crippen molar-refractivity contribution in [3.63, 3.8) is 0 Å². The second-order valence-corrected chi connectivity index (χ2v) is 5.81. The van der Waals surface area contributed by atoms with Gasteiger partial charge >= 0.3 is 0 Å². The lowest BCUT2D eigenvalue weighted by molar-refractivity contribution is -0.384. The van der Waals surface area contributed by atoms with Crippen molar-refractivity contribution in [2.45, 2.75) is 18.9 Å². The highest BCUT2D eigenvalue weighted by molar-refractivity contribution is 6.33. The second-order valence-electron chi connectivity index (χ2n) is 5.40. The molecule has 0 bridgehead atoms. The number of nitrogens with zero attached hydrogens (tertiary/aromatic N) is 4. The number of piperidine rings is 1. The van der Waals surface area contributed by atoms with Crippen molar-refractivity contribution in [1.29, 1.82) is 0 Å². The Kier molecular flexibility index (Phi) is 4.57. The number of nitrogens with one attached hydrogen (secondary N) is 1. The Morgan fingerprint density at radius 1 is 1.35 bits per heavy atom. The predicted molar refractivity (Wildman–Crippen MR) is 89.0 cm³/mol. The standard InChI is InChI=1S/C15H16ClN5O2/c16-13-9-12(21(22)23)4-5-14(13)19-11-3-1-8-20(10-11)15-17-6-2-7-18-15/h2,4-7,9,11,19H,1,3,8,10H2/t11-/m1/s1. The topological polar surface area (TPSA) is 84.2 Å². The van der Waals surface area contributed by atoms with E-state index in [2.05, 4.69) is 20.2 Å². The number of non-ortho nitro benzene ring substituents is 1. The number of nitro benzene ring substituents is 1. The van der Waals surface area contributed by atoms with Crippen LogP contribution < -0.4 is 10.2 Å². The summed E-state index contributed by atoms with van der Waals surface area (Å²) < 4.78 is 0. The smallest absolute Gasteiger partial charge is 0.271 e. The Bertz CT molecular complexity index is 698. The van der Waals surface area contributed by atoms with E-state index >= 15 is 0 Å². The molecule has 1 aromatic heterocycles. The third-order valence-corrected chi connectivity index (χ3v) is 4.09. The summed E-state index contributed by atoms with van der Waals surface area (Å²) in [6.45, 7) is 1.67. The summed E-state index contributed by atoms with van der Waals surface area (Å²) in [6.07, 6.45) is 5.47. The summed E-state index contributed by atoms with van der Waals surface area (Å²) in [5.41, 5.74) is 0.696. The fourth-order valence-corrected chi connectivity index (χ4v) is 2.92. The quantitative estimate of drug-likeness (QED) is 0.683. The summed E-state index contributed by atoms with van der Waals surface area (Å²) in [7, 11) is 0. The van der Waals surface area contributed by atoms with Crippen molar-refractivity contribution >= 4 is 28.9 Å². The first kappa shape index (κ1) is 15.5. The van der Waals surface area contributed by atoms with Crippen LogP contribution in [0.25, 0.3) is 0 Å². The van der Waals surface area contributed by atoms with Gasteiger partial charge in [-0.05, 0) is 25.0 Å². The fraction of sp³-hybridized carbons (Fsp3) is 0.333. The lowest BCUT2D eigenvalue weighted by Crippen LogP contribution is -2.42. The average Bonchev–Trinajstić information content (AvgIpc) is 2.57. The Balaban J connectivity index is 1.69. The van der Waals surface area contributed by atoms with Crippen LogP contribution in [0.4, 0.5) is 17.3 Å². The lowest BCUT2D eigenvalue weighted by atomic mass is 10.1. The molecule has 120 valence electrons. The molecular formula is C15H16ClN5O2. The van der Waals surface area contributed by atoms with E-state index < -0.39 is 4.92 Å². The maximum Gasteiger partial charge on any atom is 0.271 e. The van der Waals surface area contributed by atoms with Gasteiger partial charge in [0.25, 0.3) is 5.69 Å². The molecule has 8 heteroatoms. The van der Waals surface area contributed by atoms with Gasteiger partial charge in [0, 0.05) is 43.7 Å². The Morgan fingerprint density at radius 2 is 2.13 bits per heavy atom. The zero-order valence-corrected chi connectivity index (χ0v) is 13.1. The normalized spacial score (nSPS) is 17.8. The maximum atomic E-state index is 10.8. The van der Waals surface area contributed by atoms with E-state index in [1.165, 1.54) is 12.1 Å². The second kappa shape index (κ2) is 6.78. The highest BCUT2D eigenvalue weighted by atomic mass is 35.5. The minimum Gasteiger partial charge on any atom is -0.379 e. The summed E-state index contributed by atoms with van der Waals surface area (Å²) in [6, 6.07) is 6.45. The molecule has 0 amide bonds. The molecule has 1 aliphatic rings. The first-order valence-electron chi connectivity index (χ1n) is 7.36.